The van der Waals surface area contributed by atoms with Crippen molar-refractivity contribution in [3.8, 4) is 0 Å². The van der Waals surface area contributed by atoms with Crippen LogP contribution in [0.5, 0.6) is 0 Å². The Hall–Kier alpha value is -3.95. The van der Waals surface area contributed by atoms with Crippen LogP contribution in [0.1, 0.15) is 24.2 Å². The molecular formula is C23H26N6O4. The first-order valence-electron chi connectivity index (χ1n) is 11.0. The number of pyridine rings is 1. The maximum absolute atomic E-state index is 13.0. The van der Waals surface area contributed by atoms with E-state index in [0.717, 1.165) is 0 Å². The minimum absolute atomic E-state index is 0.190. The third-order valence-corrected chi connectivity index (χ3v) is 5.53. The van der Waals surface area contributed by atoms with Gasteiger partial charge >= 0.3 is 12.0 Å². The standard InChI is InChI=1S/C23H26N6O4/c1-3-29-19-18(10-7-11-24-19)25-20(21(29)30)27-12-14-28(15-13-27)23(32)26-17-9-6-5-8-16(17)22(31)33-4-2/h5-11H,3-4,12-15H2,1-2H3,(H,26,32). The second kappa shape index (κ2) is 9.68. The molecule has 0 radical (unpaired) electrons. The molecule has 10 nitrogen and oxygen atoms in total. The zero-order valence-electron chi connectivity index (χ0n) is 18.7. The number of fused-ring (bicyclic) bond motifs is 1. The Bertz CT molecular complexity index is 1230. The topological polar surface area (TPSA) is 110 Å². The molecule has 0 saturated carbocycles. The van der Waals surface area contributed by atoms with Gasteiger partial charge in [-0.3, -0.25) is 9.36 Å². The molecule has 33 heavy (non-hydrogen) atoms. The molecule has 0 bridgehead atoms. The van der Waals surface area contributed by atoms with Gasteiger partial charge in [0.15, 0.2) is 11.5 Å². The Labute approximate surface area is 190 Å². The molecule has 4 rings (SSSR count). The Morgan fingerprint density at radius 1 is 1.06 bits per heavy atom. The van der Waals surface area contributed by atoms with Crippen LogP contribution in [0.2, 0.25) is 0 Å². The Morgan fingerprint density at radius 2 is 1.82 bits per heavy atom. The Kier molecular flexibility index (Phi) is 6.53. The van der Waals surface area contributed by atoms with E-state index < -0.39 is 5.97 Å². The van der Waals surface area contributed by atoms with Crippen molar-refractivity contribution >= 4 is 34.7 Å². The Morgan fingerprint density at radius 3 is 2.55 bits per heavy atom. The largest absolute Gasteiger partial charge is 0.462 e. The first kappa shape index (κ1) is 22.3. The SMILES string of the molecule is CCOC(=O)c1ccccc1NC(=O)N1CCN(c2nc3cccnc3n(CC)c2=O)CC1. The average Bonchev–Trinajstić information content (AvgIpc) is 2.84. The van der Waals surface area contributed by atoms with Crippen molar-refractivity contribution in [2.45, 2.75) is 20.4 Å². The number of piperazine rings is 1. The molecule has 172 valence electrons. The van der Waals surface area contributed by atoms with Gasteiger partial charge in [-0.05, 0) is 38.1 Å². The summed E-state index contributed by atoms with van der Waals surface area (Å²) in [4.78, 5) is 50.4. The maximum Gasteiger partial charge on any atom is 0.340 e. The number of para-hydroxylation sites is 1. The minimum atomic E-state index is -0.484. The fraction of sp³-hybridized carbons (Fsp3) is 0.348. The summed E-state index contributed by atoms with van der Waals surface area (Å²) in [5.41, 5.74) is 1.74. The second-order valence-electron chi connectivity index (χ2n) is 7.50. The van der Waals surface area contributed by atoms with E-state index in [4.69, 9.17) is 4.74 Å². The zero-order chi connectivity index (χ0) is 23.4. The van der Waals surface area contributed by atoms with Gasteiger partial charge in [0.2, 0.25) is 0 Å². The quantitative estimate of drug-likeness (QED) is 0.594. The van der Waals surface area contributed by atoms with E-state index in [1.807, 2.05) is 17.9 Å². The van der Waals surface area contributed by atoms with Crippen molar-refractivity contribution < 1.29 is 14.3 Å². The number of carbonyl (C=O) groups excluding carboxylic acids is 2. The van der Waals surface area contributed by atoms with Crippen LogP contribution in [0.4, 0.5) is 16.3 Å². The minimum Gasteiger partial charge on any atom is -0.462 e. The van der Waals surface area contributed by atoms with Crippen LogP contribution < -0.4 is 15.8 Å². The molecule has 0 unspecified atom stereocenters. The zero-order valence-corrected chi connectivity index (χ0v) is 18.7. The molecule has 1 aromatic carbocycles. The smallest absolute Gasteiger partial charge is 0.340 e. The van der Waals surface area contributed by atoms with Gasteiger partial charge < -0.3 is 19.9 Å². The molecule has 1 fully saturated rings. The molecule has 3 heterocycles. The summed E-state index contributed by atoms with van der Waals surface area (Å²) in [5, 5.41) is 2.81. The fourth-order valence-electron chi connectivity index (χ4n) is 3.86. The number of rotatable bonds is 5. The number of hydrogen-bond acceptors (Lipinski definition) is 7. The number of hydrogen-bond donors (Lipinski definition) is 1. The van der Waals surface area contributed by atoms with E-state index in [9.17, 15) is 14.4 Å². The molecule has 0 aliphatic carbocycles. The first-order valence-corrected chi connectivity index (χ1v) is 11.0. The highest BCUT2D eigenvalue weighted by molar-refractivity contribution is 6.00. The molecule has 3 aromatic rings. The highest BCUT2D eigenvalue weighted by Gasteiger charge is 2.25. The molecular weight excluding hydrogens is 424 g/mol. The molecule has 10 heteroatoms. The molecule has 0 spiro atoms. The van der Waals surface area contributed by atoms with Gasteiger partial charge in [-0.15, -0.1) is 0 Å². The summed E-state index contributed by atoms with van der Waals surface area (Å²) in [6.45, 7) is 6.11. The lowest BCUT2D eigenvalue weighted by Crippen LogP contribution is -2.51. The highest BCUT2D eigenvalue weighted by Crippen LogP contribution is 2.18. The lowest BCUT2D eigenvalue weighted by atomic mass is 10.2. The lowest BCUT2D eigenvalue weighted by molar-refractivity contribution is 0.0527. The highest BCUT2D eigenvalue weighted by atomic mass is 16.5. The van der Waals surface area contributed by atoms with Gasteiger partial charge in [0.05, 0.1) is 17.9 Å². The van der Waals surface area contributed by atoms with Crippen LogP contribution in [0.3, 0.4) is 0 Å². The second-order valence-corrected chi connectivity index (χ2v) is 7.50. The van der Waals surface area contributed by atoms with Crippen molar-refractivity contribution in [2.24, 2.45) is 0 Å². The van der Waals surface area contributed by atoms with Crippen molar-refractivity contribution in [3.63, 3.8) is 0 Å². The monoisotopic (exact) mass is 450 g/mol. The number of ether oxygens (including phenoxy) is 1. The van der Waals surface area contributed by atoms with E-state index in [1.54, 1.807) is 52.9 Å². The van der Waals surface area contributed by atoms with E-state index in [1.165, 1.54) is 0 Å². The molecule has 1 aliphatic heterocycles. The summed E-state index contributed by atoms with van der Waals surface area (Å²) in [6, 6.07) is 10.1. The number of aromatic nitrogens is 3. The first-order chi connectivity index (χ1) is 16.0. The third kappa shape index (κ3) is 4.50. The van der Waals surface area contributed by atoms with Crippen molar-refractivity contribution in [1.82, 2.24) is 19.4 Å². The van der Waals surface area contributed by atoms with Gasteiger partial charge in [0, 0.05) is 38.9 Å². The van der Waals surface area contributed by atoms with Crippen molar-refractivity contribution in [3.05, 3.63) is 58.5 Å². The van der Waals surface area contributed by atoms with E-state index in [-0.39, 0.29) is 18.2 Å². The van der Waals surface area contributed by atoms with E-state index in [0.29, 0.717) is 61.0 Å². The number of amides is 2. The number of anilines is 2. The summed E-state index contributed by atoms with van der Waals surface area (Å²) >= 11 is 0. The molecule has 0 atom stereocenters. The van der Waals surface area contributed by atoms with Crippen LogP contribution in [0.25, 0.3) is 11.2 Å². The van der Waals surface area contributed by atoms with Crippen molar-refractivity contribution in [1.29, 1.82) is 0 Å². The van der Waals surface area contributed by atoms with Gasteiger partial charge in [-0.2, -0.15) is 0 Å². The third-order valence-electron chi connectivity index (χ3n) is 5.53. The van der Waals surface area contributed by atoms with Crippen LogP contribution in [-0.2, 0) is 11.3 Å². The number of urea groups is 1. The molecule has 2 amide bonds. The van der Waals surface area contributed by atoms with E-state index in [2.05, 4.69) is 15.3 Å². The van der Waals surface area contributed by atoms with Crippen LogP contribution in [0, 0.1) is 0 Å². The van der Waals surface area contributed by atoms with Gasteiger partial charge in [-0.1, -0.05) is 12.1 Å². The van der Waals surface area contributed by atoms with E-state index >= 15 is 0 Å². The van der Waals surface area contributed by atoms with Crippen molar-refractivity contribution in [2.75, 3.05) is 43.0 Å². The average molecular weight is 450 g/mol. The predicted molar refractivity (Wildman–Crippen MR) is 125 cm³/mol. The predicted octanol–water partition coefficient (Wildman–Crippen LogP) is 2.34. The normalized spacial score (nSPS) is 13.8. The lowest BCUT2D eigenvalue weighted by Gasteiger charge is -2.35. The number of benzene rings is 1. The summed E-state index contributed by atoms with van der Waals surface area (Å²) < 4.78 is 6.68. The molecule has 1 N–H and O–H groups in total. The van der Waals surface area contributed by atoms with Crippen LogP contribution in [0.15, 0.2) is 47.4 Å². The number of esters is 1. The van der Waals surface area contributed by atoms with Gasteiger partial charge in [0.25, 0.3) is 5.56 Å². The van der Waals surface area contributed by atoms with Gasteiger partial charge in [0.1, 0.15) is 5.52 Å². The Balaban J connectivity index is 1.47. The number of aryl methyl sites for hydroxylation is 1. The molecule has 1 saturated heterocycles. The van der Waals surface area contributed by atoms with Gasteiger partial charge in [-0.25, -0.2) is 19.6 Å². The number of nitrogens with zero attached hydrogens (tertiary/aromatic N) is 5. The number of nitrogens with one attached hydrogen (secondary N) is 1. The van der Waals surface area contributed by atoms with Crippen LogP contribution >= 0.6 is 0 Å². The summed E-state index contributed by atoms with van der Waals surface area (Å²) in [7, 11) is 0. The maximum atomic E-state index is 13.0. The summed E-state index contributed by atoms with van der Waals surface area (Å²) in [6.07, 6.45) is 1.65. The number of carbonyl (C=O) groups is 2. The molecule has 2 aromatic heterocycles. The van der Waals surface area contributed by atoms with Crippen LogP contribution in [-0.4, -0.2) is 64.2 Å². The summed E-state index contributed by atoms with van der Waals surface area (Å²) in [5.74, 6) is -0.118. The molecule has 1 aliphatic rings. The fourth-order valence-corrected chi connectivity index (χ4v) is 3.86.